The maximum Gasteiger partial charge on any atom is -0.00492 e. The van der Waals surface area contributed by atoms with Crippen molar-refractivity contribution in [2.45, 2.75) is 51.9 Å². The quantitative estimate of drug-likeness (QED) is 0.766. The monoisotopic (exact) mass is 221 g/mol. The van der Waals surface area contributed by atoms with Gasteiger partial charge in [-0.1, -0.05) is 6.92 Å². The fourth-order valence-corrected chi connectivity index (χ4v) is 5.45. The molecule has 0 aromatic carbocycles. The van der Waals surface area contributed by atoms with Gasteiger partial charge in [-0.25, -0.2) is 0 Å². The number of nitrogens with one attached hydrogen (secondary N) is 1. The van der Waals surface area contributed by atoms with Gasteiger partial charge in [0, 0.05) is 0 Å². The lowest BCUT2D eigenvalue weighted by molar-refractivity contribution is -0.0844. The first-order valence-corrected chi connectivity index (χ1v) is 7.36. The van der Waals surface area contributed by atoms with Crippen LogP contribution in [-0.2, 0) is 0 Å². The average molecular weight is 221 g/mol. The van der Waals surface area contributed by atoms with Gasteiger partial charge in [-0.2, -0.15) is 0 Å². The second-order valence-corrected chi connectivity index (χ2v) is 7.07. The van der Waals surface area contributed by atoms with Crippen molar-refractivity contribution in [1.29, 1.82) is 0 Å². The van der Waals surface area contributed by atoms with Gasteiger partial charge in [0.25, 0.3) is 0 Å². The summed E-state index contributed by atoms with van der Waals surface area (Å²) in [6, 6.07) is 0. The maximum absolute atomic E-state index is 3.33. The van der Waals surface area contributed by atoms with Crippen LogP contribution in [-0.4, -0.2) is 13.6 Å². The molecule has 0 heterocycles. The summed E-state index contributed by atoms with van der Waals surface area (Å²) in [6.45, 7) is 3.74. The number of hydrogen-bond acceptors (Lipinski definition) is 1. The van der Waals surface area contributed by atoms with E-state index in [1.54, 1.807) is 38.5 Å². The Balaban J connectivity index is 1.72. The molecule has 1 unspecified atom stereocenters. The SMILES string of the molecule is CNCCC(C)C12CC3CC(CC(C3)C1)C2. The molecule has 1 heteroatoms. The zero-order chi connectivity index (χ0) is 11.2. The minimum absolute atomic E-state index is 0.769. The highest BCUT2D eigenvalue weighted by atomic mass is 14.8. The van der Waals surface area contributed by atoms with E-state index in [4.69, 9.17) is 0 Å². The Morgan fingerprint density at radius 3 is 2.00 bits per heavy atom. The molecule has 0 amide bonds. The molecular weight excluding hydrogens is 194 g/mol. The van der Waals surface area contributed by atoms with Gasteiger partial charge in [-0.15, -0.1) is 0 Å². The van der Waals surface area contributed by atoms with Gasteiger partial charge in [0.1, 0.15) is 0 Å². The molecule has 0 aromatic heterocycles. The lowest BCUT2D eigenvalue weighted by Gasteiger charge is -2.59. The van der Waals surface area contributed by atoms with E-state index in [0.29, 0.717) is 0 Å². The summed E-state index contributed by atoms with van der Waals surface area (Å²) in [4.78, 5) is 0. The molecule has 1 N–H and O–H groups in total. The Bertz CT molecular complexity index is 223. The molecule has 4 fully saturated rings. The van der Waals surface area contributed by atoms with Crippen LogP contribution in [0.25, 0.3) is 0 Å². The Hall–Kier alpha value is -0.0400. The summed E-state index contributed by atoms with van der Waals surface area (Å²) in [5.41, 5.74) is 0.769. The van der Waals surface area contributed by atoms with E-state index in [1.807, 2.05) is 0 Å². The molecular formula is C15H27N. The molecule has 92 valence electrons. The van der Waals surface area contributed by atoms with Gasteiger partial charge in [-0.3, -0.25) is 0 Å². The summed E-state index contributed by atoms with van der Waals surface area (Å²) < 4.78 is 0. The zero-order valence-electron chi connectivity index (χ0n) is 11.0. The van der Waals surface area contributed by atoms with E-state index in [0.717, 1.165) is 29.1 Å². The first-order chi connectivity index (χ1) is 7.72. The fraction of sp³-hybridized carbons (Fsp3) is 1.00. The highest BCUT2D eigenvalue weighted by molar-refractivity contribution is 5.03. The fourth-order valence-electron chi connectivity index (χ4n) is 5.45. The molecule has 0 radical (unpaired) electrons. The third-order valence-corrected chi connectivity index (χ3v) is 5.96. The Morgan fingerprint density at radius 1 is 1.06 bits per heavy atom. The second-order valence-electron chi connectivity index (χ2n) is 7.07. The van der Waals surface area contributed by atoms with E-state index >= 15 is 0 Å². The molecule has 16 heavy (non-hydrogen) atoms. The van der Waals surface area contributed by atoms with Crippen LogP contribution >= 0.6 is 0 Å². The van der Waals surface area contributed by atoms with Crippen molar-refractivity contribution in [3.8, 4) is 0 Å². The van der Waals surface area contributed by atoms with E-state index < -0.39 is 0 Å². The molecule has 4 rings (SSSR count). The van der Waals surface area contributed by atoms with Gasteiger partial charge in [0.05, 0.1) is 0 Å². The maximum atomic E-state index is 3.33. The summed E-state index contributed by atoms with van der Waals surface area (Å²) in [5, 5.41) is 3.33. The standard InChI is InChI=1S/C15H27N/c1-11(3-4-16-2)15-8-12-5-13(9-15)7-14(6-12)10-15/h11-14,16H,3-10H2,1-2H3. The first-order valence-electron chi connectivity index (χ1n) is 7.36. The van der Waals surface area contributed by atoms with Crippen molar-refractivity contribution < 1.29 is 0 Å². The van der Waals surface area contributed by atoms with E-state index in [1.165, 1.54) is 13.0 Å². The van der Waals surface area contributed by atoms with Crippen LogP contribution in [0, 0.1) is 29.1 Å². The van der Waals surface area contributed by atoms with Crippen LogP contribution in [0.4, 0.5) is 0 Å². The molecule has 4 saturated carbocycles. The van der Waals surface area contributed by atoms with Gasteiger partial charge in [-0.05, 0) is 87.6 Å². The summed E-state index contributed by atoms with van der Waals surface area (Å²) in [6.07, 6.45) is 10.9. The number of hydrogen-bond donors (Lipinski definition) is 1. The second kappa shape index (κ2) is 4.01. The largest absolute Gasteiger partial charge is 0.320 e. The molecule has 4 bridgehead atoms. The smallest absolute Gasteiger partial charge is 0.00492 e. The molecule has 4 aliphatic rings. The minimum atomic E-state index is 0.769. The summed E-state index contributed by atoms with van der Waals surface area (Å²) in [5.74, 6) is 4.29. The van der Waals surface area contributed by atoms with E-state index in [-0.39, 0.29) is 0 Å². The summed E-state index contributed by atoms with van der Waals surface area (Å²) in [7, 11) is 2.09. The molecule has 0 aromatic rings. The average Bonchev–Trinajstić information content (AvgIpc) is 2.24. The van der Waals surface area contributed by atoms with Crippen LogP contribution in [0.2, 0.25) is 0 Å². The topological polar surface area (TPSA) is 12.0 Å². The van der Waals surface area contributed by atoms with E-state index in [2.05, 4.69) is 19.3 Å². The summed E-state index contributed by atoms with van der Waals surface area (Å²) >= 11 is 0. The van der Waals surface area contributed by atoms with Gasteiger partial charge >= 0.3 is 0 Å². The van der Waals surface area contributed by atoms with Gasteiger partial charge in [0.2, 0.25) is 0 Å². The molecule has 4 aliphatic carbocycles. The van der Waals surface area contributed by atoms with Crippen molar-refractivity contribution >= 4 is 0 Å². The molecule has 0 saturated heterocycles. The van der Waals surface area contributed by atoms with Crippen molar-refractivity contribution in [2.75, 3.05) is 13.6 Å². The van der Waals surface area contributed by atoms with Crippen LogP contribution < -0.4 is 5.32 Å². The lowest BCUT2D eigenvalue weighted by Crippen LogP contribution is -2.49. The Morgan fingerprint density at radius 2 is 1.56 bits per heavy atom. The van der Waals surface area contributed by atoms with Crippen LogP contribution in [0.3, 0.4) is 0 Å². The third kappa shape index (κ3) is 1.72. The minimum Gasteiger partial charge on any atom is -0.320 e. The predicted molar refractivity (Wildman–Crippen MR) is 68.3 cm³/mol. The van der Waals surface area contributed by atoms with Crippen molar-refractivity contribution in [1.82, 2.24) is 5.32 Å². The van der Waals surface area contributed by atoms with Gasteiger partial charge < -0.3 is 5.32 Å². The molecule has 0 aliphatic heterocycles. The highest BCUT2D eigenvalue weighted by Crippen LogP contribution is 2.63. The normalized spacial score (nSPS) is 47.2. The van der Waals surface area contributed by atoms with Crippen molar-refractivity contribution in [2.24, 2.45) is 29.1 Å². The third-order valence-electron chi connectivity index (χ3n) is 5.96. The highest BCUT2D eigenvalue weighted by Gasteiger charge is 2.52. The van der Waals surface area contributed by atoms with Crippen molar-refractivity contribution in [3.05, 3.63) is 0 Å². The Kier molecular flexibility index (Phi) is 2.78. The van der Waals surface area contributed by atoms with Crippen molar-refractivity contribution in [3.63, 3.8) is 0 Å². The van der Waals surface area contributed by atoms with Crippen LogP contribution in [0.1, 0.15) is 51.9 Å². The predicted octanol–water partition coefficient (Wildman–Crippen LogP) is 3.45. The zero-order valence-corrected chi connectivity index (χ0v) is 11.0. The molecule has 1 atom stereocenters. The molecule has 1 nitrogen and oxygen atoms in total. The lowest BCUT2D eigenvalue weighted by atomic mass is 9.46. The van der Waals surface area contributed by atoms with E-state index in [9.17, 15) is 0 Å². The van der Waals surface area contributed by atoms with Gasteiger partial charge in [0.15, 0.2) is 0 Å². The molecule has 0 spiro atoms. The van der Waals surface area contributed by atoms with Crippen LogP contribution in [0.15, 0.2) is 0 Å². The number of rotatable bonds is 4. The first kappa shape index (κ1) is 11.1. The Labute approximate surface area is 100 Å². The van der Waals surface area contributed by atoms with Crippen LogP contribution in [0.5, 0.6) is 0 Å².